The first kappa shape index (κ1) is 21.7. The van der Waals surface area contributed by atoms with Gasteiger partial charge in [-0.1, -0.05) is 0 Å². The molecule has 4 heterocycles. The Balaban J connectivity index is 1.12. The number of pyridine rings is 1. The summed E-state index contributed by atoms with van der Waals surface area (Å²) in [7, 11) is 0. The first-order chi connectivity index (χ1) is 16.0. The van der Waals surface area contributed by atoms with E-state index in [2.05, 4.69) is 30.3 Å². The van der Waals surface area contributed by atoms with Gasteiger partial charge in [0.1, 0.15) is 17.7 Å². The molecule has 0 bridgehead atoms. The van der Waals surface area contributed by atoms with Gasteiger partial charge in [0.25, 0.3) is 5.91 Å². The molecule has 4 atom stereocenters. The van der Waals surface area contributed by atoms with Gasteiger partial charge in [-0.3, -0.25) is 4.79 Å². The normalized spacial score (nSPS) is 27.0. The lowest BCUT2D eigenvalue weighted by molar-refractivity contribution is -0.130. The molecule has 3 fully saturated rings. The molecule has 0 spiro atoms. The number of alkyl halides is 2. The Labute approximate surface area is 189 Å². The van der Waals surface area contributed by atoms with Crippen molar-refractivity contribution >= 4 is 23.2 Å². The van der Waals surface area contributed by atoms with Crippen molar-refractivity contribution in [2.24, 2.45) is 5.92 Å². The van der Waals surface area contributed by atoms with Crippen LogP contribution in [0.1, 0.15) is 32.1 Å². The van der Waals surface area contributed by atoms with E-state index in [1.807, 2.05) is 12.1 Å². The number of hydrogen-bond acceptors (Lipinski definition) is 8. The lowest BCUT2D eigenvalue weighted by Gasteiger charge is -2.33. The molecule has 0 radical (unpaired) electrons. The van der Waals surface area contributed by atoms with Gasteiger partial charge in [-0.25, -0.2) is 15.0 Å². The quantitative estimate of drug-likeness (QED) is 0.650. The van der Waals surface area contributed by atoms with Crippen molar-refractivity contribution in [2.45, 2.75) is 56.9 Å². The van der Waals surface area contributed by atoms with E-state index in [1.54, 1.807) is 11.1 Å². The van der Waals surface area contributed by atoms with E-state index >= 15 is 0 Å². The zero-order valence-electron chi connectivity index (χ0n) is 18.0. The van der Waals surface area contributed by atoms with Crippen LogP contribution in [0.15, 0.2) is 30.7 Å². The van der Waals surface area contributed by atoms with Crippen LogP contribution in [0.25, 0.3) is 0 Å². The van der Waals surface area contributed by atoms with E-state index in [-0.39, 0.29) is 30.0 Å². The molecule has 2 aromatic rings. The number of nitrogens with zero attached hydrogens (tertiary/aromatic N) is 4. The van der Waals surface area contributed by atoms with Crippen LogP contribution < -0.4 is 20.3 Å². The van der Waals surface area contributed by atoms with E-state index in [1.165, 1.54) is 12.4 Å². The van der Waals surface area contributed by atoms with Gasteiger partial charge in [0.05, 0.1) is 24.3 Å². The second-order valence-corrected chi connectivity index (χ2v) is 8.63. The highest BCUT2D eigenvalue weighted by Gasteiger charge is 2.41. The monoisotopic (exact) mass is 460 g/mol. The molecular weight excluding hydrogens is 434 g/mol. The van der Waals surface area contributed by atoms with Gasteiger partial charge in [0.2, 0.25) is 5.88 Å². The summed E-state index contributed by atoms with van der Waals surface area (Å²) in [6, 6.07) is 4.24. The maximum atomic E-state index is 12.7. The predicted octanol–water partition coefficient (Wildman–Crippen LogP) is 3.06. The van der Waals surface area contributed by atoms with Crippen molar-refractivity contribution in [1.82, 2.24) is 15.0 Å². The molecule has 2 N–H and O–H groups in total. The lowest BCUT2D eigenvalue weighted by atomic mass is 9.92. The average Bonchev–Trinajstić information content (AvgIpc) is 3.46. The fourth-order valence-corrected chi connectivity index (χ4v) is 4.85. The number of rotatable bonds is 7. The summed E-state index contributed by atoms with van der Waals surface area (Å²) >= 11 is 0. The van der Waals surface area contributed by atoms with Crippen LogP contribution in [0.5, 0.6) is 5.88 Å². The van der Waals surface area contributed by atoms with E-state index in [0.29, 0.717) is 24.9 Å². The molecule has 2 saturated heterocycles. The molecule has 11 heteroatoms. The van der Waals surface area contributed by atoms with E-state index in [9.17, 15) is 13.6 Å². The number of nitrogens with one attached hydrogen (secondary N) is 2. The Bertz CT molecular complexity index is 962. The van der Waals surface area contributed by atoms with Crippen molar-refractivity contribution < 1.29 is 23.0 Å². The number of aromatic nitrogens is 3. The Hall–Kier alpha value is -3.08. The minimum atomic E-state index is -2.92. The third kappa shape index (κ3) is 4.97. The maximum absolute atomic E-state index is 12.7. The van der Waals surface area contributed by atoms with Crippen molar-refractivity contribution in [2.75, 3.05) is 28.7 Å². The van der Waals surface area contributed by atoms with Crippen LogP contribution in [-0.2, 0) is 9.53 Å². The first-order valence-electron chi connectivity index (χ1n) is 11.2. The standard InChI is InChI=1S/C22H26F2N6O3/c23-22(24)33-19-12-26-18(11-27-19)29-15-2-1-14(9-15)28-17-4-3-16(10-25-17)30-7-5-13-6-8-32-20(13)21(30)31/h3-4,10-15,20,22H,1-2,5-9H2,(H,25,28)(H,26,29)/t13-,14-,15-,20+/m0/s1. The lowest BCUT2D eigenvalue weighted by Crippen LogP contribution is -2.47. The zero-order chi connectivity index (χ0) is 22.8. The summed E-state index contributed by atoms with van der Waals surface area (Å²) in [5.41, 5.74) is 0.795. The maximum Gasteiger partial charge on any atom is 0.388 e. The summed E-state index contributed by atoms with van der Waals surface area (Å²) in [5.74, 6) is 1.45. The van der Waals surface area contributed by atoms with Crippen molar-refractivity contribution in [3.05, 3.63) is 30.7 Å². The Kier molecular flexibility index (Phi) is 6.21. The SMILES string of the molecule is O=C1[C@@H]2OCC[C@@H]2CCN1c1ccc(N[C@H]2CC[C@H](Nc3cnc(OC(F)F)cn3)C2)nc1. The molecule has 0 aromatic carbocycles. The molecule has 1 saturated carbocycles. The molecule has 1 amide bonds. The molecule has 1 aliphatic carbocycles. The van der Waals surface area contributed by atoms with Gasteiger partial charge in [-0.2, -0.15) is 8.78 Å². The molecule has 176 valence electrons. The highest BCUT2D eigenvalue weighted by molar-refractivity contribution is 5.97. The molecule has 2 aliphatic heterocycles. The Morgan fingerprint density at radius 1 is 1.00 bits per heavy atom. The molecule has 3 aliphatic rings. The van der Waals surface area contributed by atoms with Gasteiger partial charge in [-0.15, -0.1) is 0 Å². The Morgan fingerprint density at radius 2 is 1.79 bits per heavy atom. The highest BCUT2D eigenvalue weighted by Crippen LogP contribution is 2.33. The number of halogens is 2. The minimum absolute atomic E-state index is 0.0351. The average molecular weight is 460 g/mol. The topological polar surface area (TPSA) is 102 Å². The third-order valence-electron chi connectivity index (χ3n) is 6.48. The van der Waals surface area contributed by atoms with Crippen molar-refractivity contribution in [1.29, 1.82) is 0 Å². The Morgan fingerprint density at radius 3 is 2.48 bits per heavy atom. The molecule has 0 unspecified atom stereocenters. The smallest absolute Gasteiger partial charge is 0.388 e. The minimum Gasteiger partial charge on any atom is -0.415 e. The van der Waals surface area contributed by atoms with Crippen molar-refractivity contribution in [3.63, 3.8) is 0 Å². The molecule has 9 nitrogen and oxygen atoms in total. The van der Waals surface area contributed by atoms with Crippen LogP contribution in [0, 0.1) is 5.92 Å². The number of fused-ring (bicyclic) bond motifs is 1. The summed E-state index contributed by atoms with van der Waals surface area (Å²) in [6.07, 6.45) is 8.65. The summed E-state index contributed by atoms with van der Waals surface area (Å²) in [6.45, 7) is -1.55. The van der Waals surface area contributed by atoms with E-state index in [0.717, 1.165) is 43.6 Å². The zero-order valence-corrected chi connectivity index (χ0v) is 18.0. The first-order valence-corrected chi connectivity index (χ1v) is 11.2. The van der Waals surface area contributed by atoms with Crippen LogP contribution >= 0.6 is 0 Å². The summed E-state index contributed by atoms with van der Waals surface area (Å²) < 4.78 is 34.3. The summed E-state index contributed by atoms with van der Waals surface area (Å²) in [4.78, 5) is 26.9. The second kappa shape index (κ2) is 9.42. The summed E-state index contributed by atoms with van der Waals surface area (Å²) in [5, 5.41) is 6.73. The number of hydrogen-bond donors (Lipinski definition) is 2. The van der Waals surface area contributed by atoms with Gasteiger partial charge in [0.15, 0.2) is 0 Å². The van der Waals surface area contributed by atoms with Crippen LogP contribution in [0.4, 0.5) is 26.1 Å². The van der Waals surface area contributed by atoms with Gasteiger partial charge in [-0.05, 0) is 50.2 Å². The van der Waals surface area contributed by atoms with Crippen LogP contribution in [0.3, 0.4) is 0 Å². The third-order valence-corrected chi connectivity index (χ3v) is 6.48. The number of piperidine rings is 1. The van der Waals surface area contributed by atoms with E-state index < -0.39 is 6.61 Å². The molecule has 33 heavy (non-hydrogen) atoms. The predicted molar refractivity (Wildman–Crippen MR) is 116 cm³/mol. The number of carbonyl (C=O) groups excluding carboxylic acids is 1. The van der Waals surface area contributed by atoms with Crippen LogP contribution in [-0.4, -0.2) is 58.8 Å². The largest absolute Gasteiger partial charge is 0.415 e. The van der Waals surface area contributed by atoms with Gasteiger partial charge >= 0.3 is 6.61 Å². The molecular formula is C22H26F2N6O3. The molecule has 2 aromatic heterocycles. The van der Waals surface area contributed by atoms with Gasteiger partial charge < -0.3 is 25.0 Å². The van der Waals surface area contributed by atoms with Gasteiger partial charge in [0, 0.05) is 25.2 Å². The van der Waals surface area contributed by atoms with Crippen LogP contribution in [0.2, 0.25) is 0 Å². The number of anilines is 3. The fraction of sp³-hybridized carbons (Fsp3) is 0.545. The van der Waals surface area contributed by atoms with Crippen molar-refractivity contribution in [3.8, 4) is 5.88 Å². The second-order valence-electron chi connectivity index (χ2n) is 8.63. The molecule has 5 rings (SSSR count). The highest BCUT2D eigenvalue weighted by atomic mass is 19.3. The fourth-order valence-electron chi connectivity index (χ4n) is 4.85. The number of amides is 1. The number of carbonyl (C=O) groups is 1. The van der Waals surface area contributed by atoms with E-state index in [4.69, 9.17) is 4.74 Å². The number of ether oxygens (including phenoxy) is 2.